The summed E-state index contributed by atoms with van der Waals surface area (Å²) in [6.07, 6.45) is 0. The molecule has 61 heavy (non-hydrogen) atoms. The predicted octanol–water partition coefficient (Wildman–Crippen LogP) is 17.0. The fraction of sp³-hybridized carbons (Fsp3) is 0.172. The van der Waals surface area contributed by atoms with E-state index in [0.717, 1.165) is 33.3 Å². The highest BCUT2D eigenvalue weighted by Gasteiger charge is 2.50. The van der Waals surface area contributed by atoms with Crippen molar-refractivity contribution in [1.29, 1.82) is 0 Å². The van der Waals surface area contributed by atoms with E-state index in [4.69, 9.17) is 4.42 Å². The summed E-state index contributed by atoms with van der Waals surface area (Å²) in [5.74, 6) is 0. The van der Waals surface area contributed by atoms with E-state index < -0.39 is 0 Å². The summed E-state index contributed by atoms with van der Waals surface area (Å²) in [4.78, 5) is 2.59. The number of nitrogens with zero attached hydrogens (tertiary/aromatic N) is 1. The maximum Gasteiger partial charge on any atom is 0.137 e. The van der Waals surface area contributed by atoms with Crippen LogP contribution in [0.4, 0.5) is 17.1 Å². The van der Waals surface area contributed by atoms with Crippen LogP contribution in [0.3, 0.4) is 0 Å². The van der Waals surface area contributed by atoms with E-state index in [2.05, 4.69) is 211 Å². The van der Waals surface area contributed by atoms with Gasteiger partial charge in [0.1, 0.15) is 11.2 Å². The Morgan fingerprint density at radius 2 is 1.03 bits per heavy atom. The van der Waals surface area contributed by atoms with Crippen LogP contribution in [0.5, 0.6) is 0 Å². The average Bonchev–Trinajstić information content (AvgIpc) is 3.96. The normalized spacial score (nSPS) is 14.7. The zero-order valence-electron chi connectivity index (χ0n) is 35.8. The molecular formula is C58H47NOS. The summed E-state index contributed by atoms with van der Waals surface area (Å²) < 4.78 is 9.32. The average molecular weight is 806 g/mol. The highest BCUT2D eigenvalue weighted by Crippen LogP contribution is 2.65. The van der Waals surface area contributed by atoms with Gasteiger partial charge in [-0.15, -0.1) is 11.3 Å². The molecule has 296 valence electrons. The Kier molecular flexibility index (Phi) is 7.50. The zero-order valence-corrected chi connectivity index (χ0v) is 36.6. The summed E-state index contributed by atoms with van der Waals surface area (Å²) in [6.45, 7) is 17.0. The smallest absolute Gasteiger partial charge is 0.137 e. The summed E-state index contributed by atoms with van der Waals surface area (Å²) in [7, 11) is 0. The van der Waals surface area contributed by atoms with Crippen LogP contribution in [-0.4, -0.2) is 0 Å². The molecule has 10 aromatic rings. The molecule has 0 N–H and O–H groups in total. The summed E-state index contributed by atoms with van der Waals surface area (Å²) in [5.41, 5.74) is 19.5. The fourth-order valence-electron chi connectivity index (χ4n) is 11.3. The minimum Gasteiger partial charge on any atom is -0.456 e. The first-order valence-electron chi connectivity index (χ1n) is 21.6. The number of benzene rings is 8. The SMILES string of the molecule is CC(C)(C)c1c2c(c(N(c3ccc(-c4cccc5c4sc4ccccc45)cc3)c3ccc4c(c3)oc3ccccc34)c3c1-c1ccccc1C3(C)C)C(C)(C)c1ccccc1-2. The first-order valence-corrected chi connectivity index (χ1v) is 22.4. The number of hydrogen-bond acceptors (Lipinski definition) is 3. The van der Waals surface area contributed by atoms with E-state index in [9.17, 15) is 0 Å². The van der Waals surface area contributed by atoms with E-state index >= 15 is 0 Å². The Hall–Kier alpha value is -6.42. The lowest BCUT2D eigenvalue weighted by molar-refractivity contribution is 0.587. The molecule has 0 aliphatic heterocycles. The van der Waals surface area contributed by atoms with Crippen molar-refractivity contribution in [2.75, 3.05) is 4.90 Å². The lowest BCUT2D eigenvalue weighted by Gasteiger charge is -2.39. The van der Waals surface area contributed by atoms with Gasteiger partial charge in [0.2, 0.25) is 0 Å². The first-order chi connectivity index (χ1) is 29.4. The molecule has 12 rings (SSSR count). The number of para-hydroxylation sites is 1. The topological polar surface area (TPSA) is 16.4 Å². The zero-order chi connectivity index (χ0) is 41.6. The molecule has 2 aromatic heterocycles. The number of fused-ring (bicyclic) bond motifs is 12. The van der Waals surface area contributed by atoms with Crippen molar-refractivity contribution in [2.45, 2.75) is 64.7 Å². The Morgan fingerprint density at radius 1 is 0.492 bits per heavy atom. The maximum atomic E-state index is 6.66. The lowest BCUT2D eigenvalue weighted by atomic mass is 9.71. The van der Waals surface area contributed by atoms with Gasteiger partial charge in [0.15, 0.2) is 0 Å². The van der Waals surface area contributed by atoms with Crippen LogP contribution < -0.4 is 4.90 Å². The van der Waals surface area contributed by atoms with Gasteiger partial charge >= 0.3 is 0 Å². The van der Waals surface area contributed by atoms with Crippen LogP contribution in [0, 0.1) is 0 Å². The van der Waals surface area contributed by atoms with Gasteiger partial charge in [0.05, 0.1) is 5.69 Å². The highest BCUT2D eigenvalue weighted by molar-refractivity contribution is 7.26. The van der Waals surface area contributed by atoms with Crippen LogP contribution in [-0.2, 0) is 16.2 Å². The minimum absolute atomic E-state index is 0.138. The van der Waals surface area contributed by atoms with Crippen molar-refractivity contribution in [3.8, 4) is 33.4 Å². The molecule has 2 nitrogen and oxygen atoms in total. The molecule has 0 saturated carbocycles. The van der Waals surface area contributed by atoms with Crippen LogP contribution in [0.25, 0.3) is 75.5 Å². The molecule has 0 bridgehead atoms. The van der Waals surface area contributed by atoms with Gasteiger partial charge in [-0.05, 0) is 103 Å². The predicted molar refractivity (Wildman–Crippen MR) is 261 cm³/mol. The van der Waals surface area contributed by atoms with Crippen molar-refractivity contribution in [3.63, 3.8) is 0 Å². The van der Waals surface area contributed by atoms with Crippen LogP contribution >= 0.6 is 11.3 Å². The van der Waals surface area contributed by atoms with Crippen molar-refractivity contribution in [2.24, 2.45) is 0 Å². The molecule has 0 atom stereocenters. The standard InChI is InChI=1S/C58H47NOS/c1-56(2,3)51-49-42-19-8-12-23-44(42)57(4,5)52(49)54(53-50(51)43-20-9-13-24-45(43)58(53,6)7)59(36-31-32-39-38-17-10-14-25-46(38)60-47(39)33-36)35-29-27-34(28-30-35)37-21-16-22-41-40-18-11-15-26-48(40)61-55(37)41/h8-33H,1-7H3. The molecule has 0 fully saturated rings. The molecule has 2 aliphatic rings. The third-order valence-corrected chi connectivity index (χ3v) is 15.1. The number of furan rings is 1. The van der Waals surface area contributed by atoms with Crippen molar-refractivity contribution in [3.05, 3.63) is 186 Å². The Bertz CT molecular complexity index is 3370. The number of anilines is 3. The second-order valence-electron chi connectivity index (χ2n) is 19.3. The van der Waals surface area contributed by atoms with Crippen LogP contribution in [0.15, 0.2) is 162 Å². The van der Waals surface area contributed by atoms with Gasteiger partial charge in [-0.2, -0.15) is 0 Å². The Labute approximate surface area is 361 Å². The quantitative estimate of drug-likeness (QED) is 0.176. The second kappa shape index (κ2) is 12.6. The number of hydrogen-bond donors (Lipinski definition) is 0. The molecule has 3 heteroatoms. The van der Waals surface area contributed by atoms with Crippen molar-refractivity contribution in [1.82, 2.24) is 0 Å². The Morgan fingerprint density at radius 3 is 1.70 bits per heavy atom. The fourth-order valence-corrected chi connectivity index (χ4v) is 12.5. The molecular weight excluding hydrogens is 759 g/mol. The number of thiophene rings is 1. The number of rotatable bonds is 4. The second-order valence-corrected chi connectivity index (χ2v) is 20.3. The highest BCUT2D eigenvalue weighted by atomic mass is 32.1. The molecule has 0 saturated heterocycles. The third-order valence-electron chi connectivity index (χ3n) is 13.9. The van der Waals surface area contributed by atoms with Gasteiger partial charge in [-0.1, -0.05) is 164 Å². The van der Waals surface area contributed by atoms with Gasteiger partial charge < -0.3 is 9.32 Å². The van der Waals surface area contributed by atoms with E-state index in [1.54, 1.807) is 0 Å². The van der Waals surface area contributed by atoms with Crippen molar-refractivity contribution >= 4 is 70.5 Å². The molecule has 2 heterocycles. The summed E-state index contributed by atoms with van der Waals surface area (Å²) in [5, 5.41) is 4.91. The van der Waals surface area contributed by atoms with Gasteiger partial charge in [0.25, 0.3) is 0 Å². The van der Waals surface area contributed by atoms with E-state index in [-0.39, 0.29) is 16.2 Å². The molecule has 0 amide bonds. The van der Waals surface area contributed by atoms with E-state index in [1.165, 1.54) is 87.1 Å². The molecule has 0 spiro atoms. The molecule has 0 radical (unpaired) electrons. The van der Waals surface area contributed by atoms with Crippen molar-refractivity contribution < 1.29 is 4.42 Å². The Balaban J connectivity index is 1.19. The monoisotopic (exact) mass is 805 g/mol. The molecule has 8 aromatic carbocycles. The van der Waals surface area contributed by atoms with E-state index in [0.29, 0.717) is 0 Å². The maximum absolute atomic E-state index is 6.66. The van der Waals surface area contributed by atoms with E-state index in [1.807, 2.05) is 11.3 Å². The summed E-state index contributed by atoms with van der Waals surface area (Å²) in [6, 6.07) is 58.5. The van der Waals surface area contributed by atoms with Crippen LogP contribution in [0.2, 0.25) is 0 Å². The van der Waals surface area contributed by atoms with Crippen LogP contribution in [0.1, 0.15) is 76.3 Å². The third kappa shape index (κ3) is 5.02. The molecule has 2 aliphatic carbocycles. The summed E-state index contributed by atoms with van der Waals surface area (Å²) >= 11 is 1.89. The van der Waals surface area contributed by atoms with Gasteiger partial charge in [0, 0.05) is 59.2 Å². The van der Waals surface area contributed by atoms with Gasteiger partial charge in [-0.3, -0.25) is 0 Å². The van der Waals surface area contributed by atoms with Gasteiger partial charge in [-0.25, -0.2) is 0 Å². The largest absolute Gasteiger partial charge is 0.456 e. The molecule has 0 unspecified atom stereocenters. The first kappa shape index (κ1) is 36.4. The lowest BCUT2D eigenvalue weighted by Crippen LogP contribution is -2.27. The minimum atomic E-state index is -0.292.